The number of fused-ring (bicyclic) bond motifs is 1. The highest BCUT2D eigenvalue weighted by molar-refractivity contribution is 5.63. The first-order chi connectivity index (χ1) is 8.63. The first-order valence-electron chi connectivity index (χ1n) is 5.75. The number of ether oxygens (including phenoxy) is 1. The third kappa shape index (κ3) is 2.41. The van der Waals surface area contributed by atoms with Crippen molar-refractivity contribution in [2.75, 3.05) is 32.2 Å². The van der Waals surface area contributed by atoms with Gasteiger partial charge in [-0.2, -0.15) is 0 Å². The van der Waals surface area contributed by atoms with Gasteiger partial charge in [-0.05, 0) is 6.92 Å². The van der Waals surface area contributed by atoms with Gasteiger partial charge in [0.2, 0.25) is 5.65 Å². The molecular formula is C11H18N6O. The molecule has 0 spiro atoms. The van der Waals surface area contributed by atoms with E-state index in [4.69, 9.17) is 10.5 Å². The van der Waals surface area contributed by atoms with Crippen LogP contribution < -0.4 is 10.6 Å². The maximum absolute atomic E-state index is 5.93. The minimum absolute atomic E-state index is 0.0638. The molecule has 7 nitrogen and oxygen atoms in total. The van der Waals surface area contributed by atoms with Gasteiger partial charge in [-0.1, -0.05) is 0 Å². The second-order valence-electron chi connectivity index (χ2n) is 4.29. The van der Waals surface area contributed by atoms with Crippen LogP contribution in [-0.2, 0) is 4.74 Å². The van der Waals surface area contributed by atoms with Gasteiger partial charge in [0.05, 0.1) is 6.61 Å². The molecule has 2 heterocycles. The predicted molar refractivity (Wildman–Crippen MR) is 68.6 cm³/mol. The SMILES string of the molecule is COCC(N)CN(C)c1nccn2c(C)nnc12. The lowest BCUT2D eigenvalue weighted by atomic mass is 10.3. The minimum atomic E-state index is -0.0638. The average Bonchev–Trinajstić information content (AvgIpc) is 2.71. The Kier molecular flexibility index (Phi) is 3.73. The number of hydrogen-bond donors (Lipinski definition) is 1. The van der Waals surface area contributed by atoms with Crippen molar-refractivity contribution >= 4 is 11.5 Å². The molecule has 0 saturated heterocycles. The zero-order chi connectivity index (χ0) is 13.1. The third-order valence-corrected chi connectivity index (χ3v) is 2.73. The lowest BCUT2D eigenvalue weighted by Gasteiger charge is -2.21. The van der Waals surface area contributed by atoms with Gasteiger partial charge in [0.25, 0.3) is 0 Å². The van der Waals surface area contributed by atoms with Crippen LogP contribution in [0.3, 0.4) is 0 Å². The molecule has 0 amide bonds. The molecule has 98 valence electrons. The molecule has 2 rings (SSSR count). The molecule has 2 aromatic heterocycles. The van der Waals surface area contributed by atoms with Crippen LogP contribution in [-0.4, -0.2) is 52.9 Å². The summed E-state index contributed by atoms with van der Waals surface area (Å²) >= 11 is 0. The number of aromatic nitrogens is 4. The fourth-order valence-corrected chi connectivity index (χ4v) is 1.90. The van der Waals surface area contributed by atoms with Crippen LogP contribution in [0.5, 0.6) is 0 Å². The van der Waals surface area contributed by atoms with Crippen LogP contribution in [0.15, 0.2) is 12.4 Å². The quantitative estimate of drug-likeness (QED) is 0.794. The molecule has 1 unspecified atom stereocenters. The minimum Gasteiger partial charge on any atom is -0.383 e. The van der Waals surface area contributed by atoms with Crippen molar-refractivity contribution in [3.63, 3.8) is 0 Å². The van der Waals surface area contributed by atoms with E-state index < -0.39 is 0 Å². The Hall–Kier alpha value is -1.73. The van der Waals surface area contributed by atoms with E-state index in [-0.39, 0.29) is 6.04 Å². The highest BCUT2D eigenvalue weighted by atomic mass is 16.5. The molecule has 0 aliphatic rings. The molecule has 18 heavy (non-hydrogen) atoms. The van der Waals surface area contributed by atoms with Crippen LogP contribution >= 0.6 is 0 Å². The van der Waals surface area contributed by atoms with Crippen molar-refractivity contribution in [1.82, 2.24) is 19.6 Å². The van der Waals surface area contributed by atoms with E-state index in [0.717, 1.165) is 17.3 Å². The van der Waals surface area contributed by atoms with Gasteiger partial charge in [0.1, 0.15) is 5.82 Å². The largest absolute Gasteiger partial charge is 0.383 e. The lowest BCUT2D eigenvalue weighted by Crippen LogP contribution is -2.39. The van der Waals surface area contributed by atoms with E-state index in [1.807, 2.05) is 29.5 Å². The van der Waals surface area contributed by atoms with E-state index in [2.05, 4.69) is 15.2 Å². The third-order valence-electron chi connectivity index (χ3n) is 2.73. The maximum Gasteiger partial charge on any atom is 0.203 e. The average molecular weight is 250 g/mol. The van der Waals surface area contributed by atoms with E-state index in [0.29, 0.717) is 13.2 Å². The zero-order valence-corrected chi connectivity index (χ0v) is 10.9. The summed E-state index contributed by atoms with van der Waals surface area (Å²) < 4.78 is 6.93. The highest BCUT2D eigenvalue weighted by Crippen LogP contribution is 2.15. The Bertz CT molecular complexity index is 525. The Labute approximate surface area is 106 Å². The summed E-state index contributed by atoms with van der Waals surface area (Å²) in [7, 11) is 3.57. The van der Waals surface area contributed by atoms with Gasteiger partial charge in [0, 0.05) is 39.1 Å². The normalized spacial score (nSPS) is 12.9. The number of anilines is 1. The molecule has 0 fully saturated rings. The number of methoxy groups -OCH3 is 1. The molecule has 0 bridgehead atoms. The van der Waals surface area contributed by atoms with E-state index in [9.17, 15) is 0 Å². The number of nitrogens with zero attached hydrogens (tertiary/aromatic N) is 5. The molecule has 0 aliphatic heterocycles. The molecule has 0 aliphatic carbocycles. The summed E-state index contributed by atoms with van der Waals surface area (Å²) in [5, 5.41) is 8.17. The number of likely N-dealkylation sites (N-methyl/N-ethyl adjacent to an activating group) is 1. The molecule has 0 radical (unpaired) electrons. The molecular weight excluding hydrogens is 232 g/mol. The molecule has 1 atom stereocenters. The summed E-state index contributed by atoms with van der Waals surface area (Å²) in [6.45, 7) is 3.06. The fraction of sp³-hybridized carbons (Fsp3) is 0.545. The van der Waals surface area contributed by atoms with E-state index in [1.165, 1.54) is 0 Å². The topological polar surface area (TPSA) is 81.6 Å². The molecule has 7 heteroatoms. The fourth-order valence-electron chi connectivity index (χ4n) is 1.90. The zero-order valence-electron chi connectivity index (χ0n) is 10.9. The summed E-state index contributed by atoms with van der Waals surface area (Å²) in [5.41, 5.74) is 6.67. The summed E-state index contributed by atoms with van der Waals surface area (Å²) in [5.74, 6) is 1.60. The van der Waals surface area contributed by atoms with Gasteiger partial charge >= 0.3 is 0 Å². The van der Waals surface area contributed by atoms with Crippen LogP contribution in [0.2, 0.25) is 0 Å². The van der Waals surface area contributed by atoms with Gasteiger partial charge in [0.15, 0.2) is 5.82 Å². The van der Waals surface area contributed by atoms with Crippen LogP contribution in [0.1, 0.15) is 5.82 Å². The van der Waals surface area contributed by atoms with Crippen molar-refractivity contribution < 1.29 is 4.74 Å². The van der Waals surface area contributed by atoms with Crippen molar-refractivity contribution in [2.45, 2.75) is 13.0 Å². The monoisotopic (exact) mass is 250 g/mol. The number of nitrogens with two attached hydrogens (primary N) is 1. The molecule has 2 N–H and O–H groups in total. The van der Waals surface area contributed by atoms with Crippen molar-refractivity contribution in [1.29, 1.82) is 0 Å². The van der Waals surface area contributed by atoms with Gasteiger partial charge in [-0.15, -0.1) is 10.2 Å². The van der Waals surface area contributed by atoms with Crippen molar-refractivity contribution in [3.05, 3.63) is 18.2 Å². The van der Waals surface area contributed by atoms with Crippen LogP contribution in [0, 0.1) is 6.92 Å². The van der Waals surface area contributed by atoms with Gasteiger partial charge in [-0.3, -0.25) is 4.40 Å². The number of hydrogen-bond acceptors (Lipinski definition) is 6. The molecule has 2 aromatic rings. The van der Waals surface area contributed by atoms with Gasteiger partial charge in [-0.25, -0.2) is 4.98 Å². The number of aryl methyl sites for hydroxylation is 1. The summed E-state index contributed by atoms with van der Waals surface area (Å²) in [4.78, 5) is 6.30. The Morgan fingerprint density at radius 1 is 1.50 bits per heavy atom. The second kappa shape index (κ2) is 5.28. The first kappa shape index (κ1) is 12.7. The summed E-state index contributed by atoms with van der Waals surface area (Å²) in [6.07, 6.45) is 3.58. The standard InChI is InChI=1S/C11H18N6O/c1-8-14-15-11-10(13-4-5-17(8)11)16(2)6-9(12)7-18-3/h4-5,9H,6-7,12H2,1-3H3. The van der Waals surface area contributed by atoms with Gasteiger partial charge < -0.3 is 15.4 Å². The van der Waals surface area contributed by atoms with E-state index in [1.54, 1.807) is 13.3 Å². The number of rotatable bonds is 5. The first-order valence-corrected chi connectivity index (χ1v) is 5.75. The summed E-state index contributed by atoms with van der Waals surface area (Å²) in [6, 6.07) is -0.0638. The lowest BCUT2D eigenvalue weighted by molar-refractivity contribution is 0.181. The van der Waals surface area contributed by atoms with Crippen LogP contribution in [0.25, 0.3) is 5.65 Å². The Morgan fingerprint density at radius 3 is 3.00 bits per heavy atom. The van der Waals surface area contributed by atoms with Crippen molar-refractivity contribution in [2.24, 2.45) is 5.73 Å². The Morgan fingerprint density at radius 2 is 2.28 bits per heavy atom. The van der Waals surface area contributed by atoms with E-state index >= 15 is 0 Å². The van der Waals surface area contributed by atoms with Crippen LogP contribution in [0.4, 0.5) is 5.82 Å². The van der Waals surface area contributed by atoms with Crippen molar-refractivity contribution in [3.8, 4) is 0 Å². The Balaban J connectivity index is 2.25. The maximum atomic E-state index is 5.93. The smallest absolute Gasteiger partial charge is 0.203 e. The predicted octanol–water partition coefficient (Wildman–Crippen LogP) is -0.157. The molecule has 0 saturated carbocycles. The molecule has 0 aromatic carbocycles. The highest BCUT2D eigenvalue weighted by Gasteiger charge is 2.14. The second-order valence-corrected chi connectivity index (χ2v) is 4.29.